The lowest BCUT2D eigenvalue weighted by Crippen LogP contribution is -2.48. The second kappa shape index (κ2) is 12.7. The van der Waals surface area contributed by atoms with Crippen LogP contribution in [0.25, 0.3) is 11.1 Å². The first kappa shape index (κ1) is 27.4. The summed E-state index contributed by atoms with van der Waals surface area (Å²) < 4.78 is 0. The van der Waals surface area contributed by atoms with Gasteiger partial charge in [-0.05, 0) is 40.8 Å². The van der Waals surface area contributed by atoms with Crippen molar-refractivity contribution >= 4 is 17.5 Å². The van der Waals surface area contributed by atoms with Gasteiger partial charge in [0.2, 0.25) is 5.91 Å². The number of carbonyl (C=O) groups excluding carboxylic acids is 2. The monoisotopic (exact) mass is 513 g/mol. The van der Waals surface area contributed by atoms with Crippen LogP contribution in [0.2, 0.25) is 0 Å². The van der Waals surface area contributed by atoms with Gasteiger partial charge in [0.25, 0.3) is 5.91 Å². The van der Waals surface area contributed by atoms with Gasteiger partial charge in [0, 0.05) is 45.0 Å². The standard InChI is InChI=1S/C31H39N5O2/c1-23(2)32-16-17-33-30(37)21-35(29-18-26(15-14-24(29)3)25-10-6-5-7-11-25)22-31(38)34(4)36-19-27-12-8-9-13-28(27)20-36/h5-15,18,23,32H,16-17,19-22H2,1-4H3,(H,33,37). The Labute approximate surface area is 226 Å². The van der Waals surface area contributed by atoms with Gasteiger partial charge in [-0.2, -0.15) is 0 Å². The predicted octanol–water partition coefficient (Wildman–Crippen LogP) is 3.97. The van der Waals surface area contributed by atoms with Crippen molar-refractivity contribution in [2.24, 2.45) is 0 Å². The molecule has 2 amide bonds. The maximum Gasteiger partial charge on any atom is 0.256 e. The zero-order chi connectivity index (χ0) is 27.1. The Morgan fingerprint density at radius 3 is 2.18 bits per heavy atom. The van der Waals surface area contributed by atoms with E-state index in [9.17, 15) is 9.59 Å². The molecule has 1 aliphatic rings. The molecular formula is C31H39N5O2. The number of anilines is 1. The largest absolute Gasteiger partial charge is 0.353 e. The number of benzene rings is 3. The van der Waals surface area contributed by atoms with Crippen LogP contribution in [-0.2, 0) is 22.7 Å². The Morgan fingerprint density at radius 2 is 1.53 bits per heavy atom. The third-order valence-electron chi connectivity index (χ3n) is 6.93. The van der Waals surface area contributed by atoms with Crippen molar-refractivity contribution in [3.05, 3.63) is 89.5 Å². The van der Waals surface area contributed by atoms with Gasteiger partial charge in [-0.1, -0.05) is 80.6 Å². The number of hydrazine groups is 1. The van der Waals surface area contributed by atoms with Crippen LogP contribution in [0.4, 0.5) is 5.69 Å². The van der Waals surface area contributed by atoms with E-state index < -0.39 is 0 Å². The Morgan fingerprint density at radius 1 is 0.868 bits per heavy atom. The maximum absolute atomic E-state index is 13.5. The van der Waals surface area contributed by atoms with Gasteiger partial charge in [0.1, 0.15) is 0 Å². The molecule has 0 saturated heterocycles. The maximum atomic E-state index is 13.5. The summed E-state index contributed by atoms with van der Waals surface area (Å²) in [6.45, 7) is 9.00. The fourth-order valence-electron chi connectivity index (χ4n) is 4.73. The number of likely N-dealkylation sites (N-methyl/N-ethyl adjacent to an activating group) is 1. The minimum atomic E-state index is -0.107. The van der Waals surface area contributed by atoms with Crippen molar-refractivity contribution in [2.45, 2.75) is 39.9 Å². The first-order valence-corrected chi connectivity index (χ1v) is 13.3. The minimum Gasteiger partial charge on any atom is -0.353 e. The van der Waals surface area contributed by atoms with Crippen LogP contribution in [0, 0.1) is 6.92 Å². The van der Waals surface area contributed by atoms with Crippen molar-refractivity contribution in [2.75, 3.05) is 38.1 Å². The molecule has 3 aromatic rings. The number of nitrogens with zero attached hydrogens (tertiary/aromatic N) is 3. The molecule has 0 radical (unpaired) electrons. The van der Waals surface area contributed by atoms with Crippen molar-refractivity contribution in [3.63, 3.8) is 0 Å². The van der Waals surface area contributed by atoms with E-state index >= 15 is 0 Å². The summed E-state index contributed by atoms with van der Waals surface area (Å²) in [5, 5.41) is 10.1. The van der Waals surface area contributed by atoms with Crippen LogP contribution >= 0.6 is 0 Å². The van der Waals surface area contributed by atoms with Gasteiger partial charge in [0.15, 0.2) is 0 Å². The molecule has 4 rings (SSSR count). The number of fused-ring (bicyclic) bond motifs is 1. The van der Waals surface area contributed by atoms with Crippen molar-refractivity contribution < 1.29 is 9.59 Å². The molecule has 0 spiro atoms. The summed E-state index contributed by atoms with van der Waals surface area (Å²) >= 11 is 0. The molecule has 0 saturated carbocycles. The van der Waals surface area contributed by atoms with Crippen LogP contribution in [-0.4, -0.2) is 61.1 Å². The summed E-state index contributed by atoms with van der Waals surface area (Å²) in [6, 6.07) is 25.0. The van der Waals surface area contributed by atoms with E-state index in [2.05, 4.69) is 72.0 Å². The Hall–Kier alpha value is -3.68. The highest BCUT2D eigenvalue weighted by Gasteiger charge is 2.27. The topological polar surface area (TPSA) is 67.9 Å². The van der Waals surface area contributed by atoms with Gasteiger partial charge < -0.3 is 15.5 Å². The second-order valence-corrected chi connectivity index (χ2v) is 10.2. The molecule has 0 bridgehead atoms. The number of nitrogens with one attached hydrogen (secondary N) is 2. The molecular weight excluding hydrogens is 474 g/mol. The van der Waals surface area contributed by atoms with Crippen molar-refractivity contribution in [3.8, 4) is 11.1 Å². The normalized spacial score (nSPS) is 12.9. The number of aryl methyl sites for hydroxylation is 1. The Kier molecular flexibility index (Phi) is 9.15. The van der Waals surface area contributed by atoms with Crippen molar-refractivity contribution in [1.82, 2.24) is 20.7 Å². The molecule has 2 N–H and O–H groups in total. The highest BCUT2D eigenvalue weighted by Crippen LogP contribution is 2.29. The quantitative estimate of drug-likeness (QED) is 0.380. The van der Waals surface area contributed by atoms with Crippen molar-refractivity contribution in [1.29, 1.82) is 0 Å². The molecule has 7 heteroatoms. The van der Waals surface area contributed by atoms with Crippen LogP contribution in [0.3, 0.4) is 0 Å². The zero-order valence-corrected chi connectivity index (χ0v) is 22.9. The molecule has 0 atom stereocenters. The highest BCUT2D eigenvalue weighted by atomic mass is 16.2. The van der Waals surface area contributed by atoms with Gasteiger partial charge in [-0.15, -0.1) is 0 Å². The SMILES string of the molecule is Cc1ccc(-c2ccccc2)cc1N(CC(=O)NCCNC(C)C)CC(=O)N(C)N1Cc2ccccc2C1. The van der Waals surface area contributed by atoms with Gasteiger partial charge >= 0.3 is 0 Å². The molecule has 7 nitrogen and oxygen atoms in total. The molecule has 0 unspecified atom stereocenters. The van der Waals surface area contributed by atoms with E-state index in [1.54, 1.807) is 5.01 Å². The lowest BCUT2D eigenvalue weighted by Gasteiger charge is -2.32. The van der Waals surface area contributed by atoms with E-state index in [4.69, 9.17) is 0 Å². The van der Waals surface area contributed by atoms with Crippen LogP contribution < -0.4 is 15.5 Å². The predicted molar refractivity (Wildman–Crippen MR) is 153 cm³/mol. The molecule has 0 aromatic heterocycles. The summed E-state index contributed by atoms with van der Waals surface area (Å²) in [4.78, 5) is 28.4. The number of rotatable bonds is 11. The van der Waals surface area contributed by atoms with Gasteiger partial charge in [-0.25, -0.2) is 5.01 Å². The summed E-state index contributed by atoms with van der Waals surface area (Å²) in [5.41, 5.74) is 6.52. The third kappa shape index (κ3) is 7.00. The van der Waals surface area contributed by atoms with Crippen LogP contribution in [0.1, 0.15) is 30.5 Å². The first-order chi connectivity index (χ1) is 18.3. The average Bonchev–Trinajstić information content (AvgIpc) is 3.35. The van der Waals surface area contributed by atoms with Crippen LogP contribution in [0.5, 0.6) is 0 Å². The lowest BCUT2D eigenvalue weighted by atomic mass is 10.0. The van der Waals surface area contributed by atoms with E-state index in [1.807, 2.05) is 49.2 Å². The molecule has 0 aliphatic carbocycles. The van der Waals surface area contributed by atoms with E-state index in [1.165, 1.54) is 11.1 Å². The highest BCUT2D eigenvalue weighted by molar-refractivity contribution is 5.87. The number of carbonyl (C=O) groups is 2. The van der Waals surface area contributed by atoms with E-state index in [-0.39, 0.29) is 24.9 Å². The fraction of sp³-hybridized carbons (Fsp3) is 0.355. The second-order valence-electron chi connectivity index (χ2n) is 10.2. The third-order valence-corrected chi connectivity index (χ3v) is 6.93. The summed E-state index contributed by atoms with van der Waals surface area (Å²) in [6.07, 6.45) is 0. The Bertz CT molecular complexity index is 1220. The van der Waals surface area contributed by atoms with E-state index in [0.29, 0.717) is 32.2 Å². The number of hydrogen-bond donors (Lipinski definition) is 2. The number of amides is 2. The molecule has 1 heterocycles. The van der Waals surface area contributed by atoms with Gasteiger partial charge in [0.05, 0.1) is 13.1 Å². The molecule has 3 aromatic carbocycles. The average molecular weight is 514 g/mol. The van der Waals surface area contributed by atoms with Gasteiger partial charge in [-0.3, -0.25) is 14.6 Å². The number of hydrogen-bond acceptors (Lipinski definition) is 5. The molecule has 0 fully saturated rings. The molecule has 38 heavy (non-hydrogen) atoms. The molecule has 1 aliphatic heterocycles. The summed E-state index contributed by atoms with van der Waals surface area (Å²) in [7, 11) is 1.82. The van der Waals surface area contributed by atoms with Crippen LogP contribution in [0.15, 0.2) is 72.8 Å². The summed E-state index contributed by atoms with van der Waals surface area (Å²) in [5.74, 6) is -0.166. The minimum absolute atomic E-state index is 0.0587. The molecule has 200 valence electrons. The smallest absolute Gasteiger partial charge is 0.256 e. The van der Waals surface area contributed by atoms with E-state index in [0.717, 1.165) is 22.4 Å². The fourth-order valence-corrected chi connectivity index (χ4v) is 4.73. The zero-order valence-electron chi connectivity index (χ0n) is 22.9. The first-order valence-electron chi connectivity index (χ1n) is 13.3. The Balaban J connectivity index is 1.52. The lowest BCUT2D eigenvalue weighted by molar-refractivity contribution is -0.145.